The summed E-state index contributed by atoms with van der Waals surface area (Å²) in [6, 6.07) is 0.702. The highest BCUT2D eigenvalue weighted by atomic mass is 16.5. The number of hydrogen-bond donors (Lipinski definition) is 1. The summed E-state index contributed by atoms with van der Waals surface area (Å²) >= 11 is 0. The van der Waals surface area contributed by atoms with E-state index in [-0.39, 0.29) is 0 Å². The summed E-state index contributed by atoms with van der Waals surface area (Å²) in [6.45, 7) is 5.64. The summed E-state index contributed by atoms with van der Waals surface area (Å²) in [7, 11) is 3.87. The Bertz CT molecular complexity index is 156. The normalized spacial score (nSPS) is 33.2. The van der Waals surface area contributed by atoms with Crippen LogP contribution in [0.1, 0.15) is 33.1 Å². The fourth-order valence-electron chi connectivity index (χ4n) is 2.29. The Morgan fingerprint density at radius 2 is 2.15 bits per heavy atom. The fraction of sp³-hybridized carbons (Fsp3) is 1.00. The summed E-state index contributed by atoms with van der Waals surface area (Å²) in [5.41, 5.74) is 0.462. The van der Waals surface area contributed by atoms with E-state index in [2.05, 4.69) is 26.2 Å². The summed E-state index contributed by atoms with van der Waals surface area (Å²) in [4.78, 5) is 0. The van der Waals surface area contributed by atoms with Crippen LogP contribution in [0.15, 0.2) is 0 Å². The van der Waals surface area contributed by atoms with Gasteiger partial charge in [-0.05, 0) is 37.6 Å². The van der Waals surface area contributed by atoms with E-state index in [0.29, 0.717) is 17.4 Å². The van der Waals surface area contributed by atoms with Gasteiger partial charge in [-0.2, -0.15) is 0 Å². The second-order valence-corrected chi connectivity index (χ2v) is 4.90. The molecular weight excluding hydrogens is 162 g/mol. The molecule has 2 atom stereocenters. The Morgan fingerprint density at radius 1 is 1.46 bits per heavy atom. The van der Waals surface area contributed by atoms with Crippen LogP contribution in [0, 0.1) is 11.3 Å². The molecule has 0 aromatic heterocycles. The van der Waals surface area contributed by atoms with E-state index in [1.54, 1.807) is 7.11 Å². The molecule has 0 aromatic carbocycles. The minimum absolute atomic E-state index is 0.462. The Kier molecular flexibility index (Phi) is 3.74. The van der Waals surface area contributed by atoms with Gasteiger partial charge in [-0.3, -0.25) is 0 Å². The van der Waals surface area contributed by atoms with Gasteiger partial charge < -0.3 is 10.1 Å². The molecular formula is C11H23NO. The third kappa shape index (κ3) is 2.68. The van der Waals surface area contributed by atoms with Gasteiger partial charge in [-0.25, -0.2) is 0 Å². The molecule has 0 saturated heterocycles. The van der Waals surface area contributed by atoms with Crippen LogP contribution in [0.4, 0.5) is 0 Å². The minimum Gasteiger partial charge on any atom is -0.384 e. The van der Waals surface area contributed by atoms with Crippen molar-refractivity contribution in [2.45, 2.75) is 39.2 Å². The minimum atomic E-state index is 0.462. The van der Waals surface area contributed by atoms with Crippen molar-refractivity contribution in [3.63, 3.8) is 0 Å². The van der Waals surface area contributed by atoms with Crippen LogP contribution in [0.3, 0.4) is 0 Å². The first kappa shape index (κ1) is 11.0. The van der Waals surface area contributed by atoms with Gasteiger partial charge >= 0.3 is 0 Å². The van der Waals surface area contributed by atoms with Gasteiger partial charge in [0.05, 0.1) is 0 Å². The summed E-state index contributed by atoms with van der Waals surface area (Å²) in [5.74, 6) is 0.712. The topological polar surface area (TPSA) is 21.3 Å². The van der Waals surface area contributed by atoms with Crippen molar-refractivity contribution in [2.75, 3.05) is 20.8 Å². The largest absolute Gasteiger partial charge is 0.384 e. The van der Waals surface area contributed by atoms with Crippen LogP contribution >= 0.6 is 0 Å². The van der Waals surface area contributed by atoms with Gasteiger partial charge in [0, 0.05) is 19.8 Å². The molecule has 0 bridgehead atoms. The van der Waals surface area contributed by atoms with Gasteiger partial charge in [-0.15, -0.1) is 0 Å². The molecule has 1 N–H and O–H groups in total. The number of hydrogen-bond acceptors (Lipinski definition) is 2. The third-order valence-electron chi connectivity index (χ3n) is 3.59. The standard InChI is InChI=1S/C11H23NO/c1-11(2)6-5-10(12-3)7-9(11)8-13-4/h9-10,12H,5-8H2,1-4H3. The molecule has 0 heterocycles. The SMILES string of the molecule is CNC1CCC(C)(C)C(COC)C1. The van der Waals surface area contributed by atoms with Crippen molar-refractivity contribution in [1.82, 2.24) is 5.32 Å². The number of ether oxygens (including phenoxy) is 1. The molecule has 0 spiro atoms. The quantitative estimate of drug-likeness (QED) is 0.726. The van der Waals surface area contributed by atoms with E-state index < -0.39 is 0 Å². The summed E-state index contributed by atoms with van der Waals surface area (Å²) < 4.78 is 5.28. The Morgan fingerprint density at radius 3 is 2.69 bits per heavy atom. The Hall–Kier alpha value is -0.0800. The zero-order valence-electron chi connectivity index (χ0n) is 9.39. The maximum absolute atomic E-state index is 5.28. The van der Waals surface area contributed by atoms with E-state index in [0.717, 1.165) is 6.61 Å². The van der Waals surface area contributed by atoms with Crippen molar-refractivity contribution < 1.29 is 4.74 Å². The van der Waals surface area contributed by atoms with Gasteiger partial charge in [0.25, 0.3) is 0 Å². The third-order valence-corrected chi connectivity index (χ3v) is 3.59. The van der Waals surface area contributed by atoms with Gasteiger partial charge in [0.1, 0.15) is 0 Å². The van der Waals surface area contributed by atoms with Crippen LogP contribution in [-0.4, -0.2) is 26.8 Å². The molecule has 0 aliphatic heterocycles. The highest BCUT2D eigenvalue weighted by Gasteiger charge is 2.35. The molecule has 1 fully saturated rings. The molecule has 13 heavy (non-hydrogen) atoms. The predicted molar refractivity (Wildman–Crippen MR) is 55.8 cm³/mol. The smallest absolute Gasteiger partial charge is 0.0496 e. The van der Waals surface area contributed by atoms with E-state index in [9.17, 15) is 0 Å². The Balaban J connectivity index is 2.52. The molecule has 1 aliphatic rings. The van der Waals surface area contributed by atoms with Crippen molar-refractivity contribution >= 4 is 0 Å². The molecule has 1 rings (SSSR count). The molecule has 1 saturated carbocycles. The summed E-state index contributed by atoms with van der Waals surface area (Å²) in [5, 5.41) is 3.37. The predicted octanol–water partition coefficient (Wildman–Crippen LogP) is 2.05. The van der Waals surface area contributed by atoms with Crippen molar-refractivity contribution in [3.8, 4) is 0 Å². The van der Waals surface area contributed by atoms with Crippen molar-refractivity contribution in [1.29, 1.82) is 0 Å². The molecule has 2 heteroatoms. The van der Waals surface area contributed by atoms with Crippen LogP contribution in [-0.2, 0) is 4.74 Å². The number of rotatable bonds is 3. The molecule has 2 unspecified atom stereocenters. The molecule has 0 aromatic rings. The maximum Gasteiger partial charge on any atom is 0.0496 e. The second kappa shape index (κ2) is 4.43. The first-order valence-corrected chi connectivity index (χ1v) is 5.26. The van der Waals surface area contributed by atoms with Crippen molar-refractivity contribution in [2.24, 2.45) is 11.3 Å². The lowest BCUT2D eigenvalue weighted by molar-refractivity contribution is 0.0371. The monoisotopic (exact) mass is 185 g/mol. The second-order valence-electron chi connectivity index (χ2n) is 4.90. The van der Waals surface area contributed by atoms with E-state index in [1.165, 1.54) is 19.3 Å². The zero-order valence-corrected chi connectivity index (χ0v) is 9.39. The average molecular weight is 185 g/mol. The first-order chi connectivity index (χ1) is 6.10. The highest BCUT2D eigenvalue weighted by Crippen LogP contribution is 2.40. The molecule has 1 aliphatic carbocycles. The lowest BCUT2D eigenvalue weighted by atomic mass is 9.67. The molecule has 0 amide bonds. The lowest BCUT2D eigenvalue weighted by Gasteiger charge is -2.41. The Labute approximate surface area is 82.0 Å². The van der Waals surface area contributed by atoms with Gasteiger partial charge in [0.2, 0.25) is 0 Å². The summed E-state index contributed by atoms with van der Waals surface area (Å²) in [6.07, 6.45) is 3.88. The zero-order chi connectivity index (χ0) is 9.90. The van der Waals surface area contributed by atoms with E-state index >= 15 is 0 Å². The molecule has 2 nitrogen and oxygen atoms in total. The van der Waals surface area contributed by atoms with Crippen LogP contribution in [0.25, 0.3) is 0 Å². The highest BCUT2D eigenvalue weighted by molar-refractivity contribution is 4.88. The number of methoxy groups -OCH3 is 1. The van der Waals surface area contributed by atoms with E-state index in [1.807, 2.05) is 0 Å². The number of nitrogens with one attached hydrogen (secondary N) is 1. The van der Waals surface area contributed by atoms with Gasteiger partial charge in [-0.1, -0.05) is 13.8 Å². The van der Waals surface area contributed by atoms with Crippen LogP contribution in [0.2, 0.25) is 0 Å². The van der Waals surface area contributed by atoms with Crippen molar-refractivity contribution in [3.05, 3.63) is 0 Å². The lowest BCUT2D eigenvalue weighted by Crippen LogP contribution is -2.41. The fourth-order valence-corrected chi connectivity index (χ4v) is 2.29. The van der Waals surface area contributed by atoms with E-state index in [4.69, 9.17) is 4.74 Å². The van der Waals surface area contributed by atoms with Crippen LogP contribution < -0.4 is 5.32 Å². The van der Waals surface area contributed by atoms with Crippen LogP contribution in [0.5, 0.6) is 0 Å². The first-order valence-electron chi connectivity index (χ1n) is 5.26. The maximum atomic E-state index is 5.28. The van der Waals surface area contributed by atoms with Gasteiger partial charge in [0.15, 0.2) is 0 Å². The molecule has 0 radical (unpaired) electrons. The molecule has 78 valence electrons. The average Bonchev–Trinajstić information content (AvgIpc) is 2.09.